The zero-order valence-corrected chi connectivity index (χ0v) is 16.9. The predicted molar refractivity (Wildman–Crippen MR) is 111 cm³/mol. The fourth-order valence-electron chi connectivity index (χ4n) is 3.48. The largest absolute Gasteiger partial charge is 0.507 e. The van der Waals surface area contributed by atoms with E-state index in [4.69, 9.17) is 11.6 Å². The number of aliphatic hydroxyl groups is 1. The van der Waals surface area contributed by atoms with Crippen LogP contribution < -0.4 is 0 Å². The lowest BCUT2D eigenvalue weighted by molar-refractivity contribution is -0.139. The topological polar surface area (TPSA) is 57.6 Å². The highest BCUT2D eigenvalue weighted by Gasteiger charge is 2.45. The number of rotatable bonds is 6. The third kappa shape index (κ3) is 3.83. The molecule has 2 aromatic rings. The maximum absolute atomic E-state index is 12.8. The van der Waals surface area contributed by atoms with Crippen LogP contribution in [0.4, 0.5) is 0 Å². The molecule has 0 saturated carbocycles. The van der Waals surface area contributed by atoms with Crippen LogP contribution >= 0.6 is 11.6 Å². The van der Waals surface area contributed by atoms with E-state index in [9.17, 15) is 14.7 Å². The summed E-state index contributed by atoms with van der Waals surface area (Å²) in [6, 6.07) is 13.8. The Hall–Kier alpha value is -2.59. The molecule has 4 nitrogen and oxygen atoms in total. The number of carbonyl (C=O) groups excluding carboxylic acids is 2. The molecule has 1 aliphatic heterocycles. The predicted octanol–water partition coefficient (Wildman–Crippen LogP) is 5.12. The number of amides is 1. The summed E-state index contributed by atoms with van der Waals surface area (Å²) in [4.78, 5) is 27.1. The number of unbranched alkanes of at least 4 members (excludes halogenated alkanes) is 1. The molecule has 2 aromatic carbocycles. The van der Waals surface area contributed by atoms with Gasteiger partial charge in [-0.05, 0) is 36.1 Å². The molecule has 0 radical (unpaired) electrons. The average Bonchev–Trinajstić information content (AvgIpc) is 2.97. The minimum absolute atomic E-state index is 0.132. The molecule has 1 fully saturated rings. The van der Waals surface area contributed by atoms with Gasteiger partial charge in [0.25, 0.3) is 11.7 Å². The maximum atomic E-state index is 12.8. The summed E-state index contributed by atoms with van der Waals surface area (Å²) in [7, 11) is 0. The second-order valence-electron chi connectivity index (χ2n) is 6.95. The Morgan fingerprint density at radius 1 is 1.04 bits per heavy atom. The van der Waals surface area contributed by atoms with Gasteiger partial charge in [0.15, 0.2) is 0 Å². The van der Waals surface area contributed by atoms with Gasteiger partial charge in [0.2, 0.25) is 0 Å². The molecule has 1 N–H and O–H groups in total. The number of hydrogen-bond acceptors (Lipinski definition) is 3. The molecular weight excluding hydrogens is 374 g/mol. The zero-order valence-electron chi connectivity index (χ0n) is 16.1. The molecule has 0 spiro atoms. The number of nitrogens with zero attached hydrogens (tertiary/aromatic N) is 1. The Balaban J connectivity index is 2.12. The highest BCUT2D eigenvalue weighted by molar-refractivity contribution is 6.46. The number of benzene rings is 2. The van der Waals surface area contributed by atoms with Crippen molar-refractivity contribution in [3.63, 3.8) is 0 Å². The Morgan fingerprint density at radius 3 is 2.25 bits per heavy atom. The first-order valence-electron chi connectivity index (χ1n) is 9.61. The molecule has 3 rings (SSSR count). The Kier molecular flexibility index (Phi) is 6.20. The monoisotopic (exact) mass is 397 g/mol. The molecule has 5 heteroatoms. The summed E-state index contributed by atoms with van der Waals surface area (Å²) in [6.45, 7) is 4.54. The normalized spacial score (nSPS) is 18.7. The van der Waals surface area contributed by atoms with Gasteiger partial charge in [-0.2, -0.15) is 0 Å². The zero-order chi connectivity index (χ0) is 20.3. The van der Waals surface area contributed by atoms with Gasteiger partial charge < -0.3 is 10.0 Å². The average molecular weight is 398 g/mol. The van der Waals surface area contributed by atoms with Gasteiger partial charge in [-0.1, -0.05) is 68.3 Å². The Labute approximate surface area is 170 Å². The third-order valence-electron chi connectivity index (χ3n) is 5.11. The summed E-state index contributed by atoms with van der Waals surface area (Å²) < 4.78 is 0. The van der Waals surface area contributed by atoms with Crippen LogP contribution in [-0.2, 0) is 16.0 Å². The third-order valence-corrected chi connectivity index (χ3v) is 5.37. The second-order valence-corrected chi connectivity index (χ2v) is 7.38. The van der Waals surface area contributed by atoms with Gasteiger partial charge in [-0.15, -0.1) is 0 Å². The summed E-state index contributed by atoms with van der Waals surface area (Å²) in [5.74, 6) is -1.35. The van der Waals surface area contributed by atoms with E-state index in [0.29, 0.717) is 17.1 Å². The number of likely N-dealkylation sites (tertiary alicyclic amines) is 1. The van der Waals surface area contributed by atoms with Gasteiger partial charge in [-0.3, -0.25) is 9.59 Å². The number of hydrogen-bond donors (Lipinski definition) is 1. The van der Waals surface area contributed by atoms with Crippen LogP contribution in [0.2, 0.25) is 5.02 Å². The summed E-state index contributed by atoms with van der Waals surface area (Å²) >= 11 is 6.01. The molecule has 146 valence electrons. The first-order chi connectivity index (χ1) is 13.5. The van der Waals surface area contributed by atoms with E-state index in [2.05, 4.69) is 6.92 Å². The van der Waals surface area contributed by atoms with E-state index >= 15 is 0 Å². The van der Waals surface area contributed by atoms with Crippen molar-refractivity contribution >= 4 is 29.1 Å². The van der Waals surface area contributed by atoms with Crippen LogP contribution in [0.15, 0.2) is 54.1 Å². The Bertz CT molecular complexity index is 900. The van der Waals surface area contributed by atoms with Crippen molar-refractivity contribution in [2.24, 2.45) is 0 Å². The standard InChI is InChI=1S/C23H24ClNO3/c1-3-5-14-25-20(16-10-12-18(24)13-11-16)19(22(27)23(25)28)21(26)17-8-6-15(4-2)7-9-17/h6-13,20,26H,3-5,14H2,1-2H3/b21-19-. The smallest absolute Gasteiger partial charge is 0.295 e. The van der Waals surface area contributed by atoms with Crippen molar-refractivity contribution in [2.45, 2.75) is 39.2 Å². The summed E-state index contributed by atoms with van der Waals surface area (Å²) in [5, 5.41) is 11.5. The number of Topliss-reactive ketones (excluding diaryl/α,β-unsaturated/α-hetero) is 1. The molecule has 1 heterocycles. The quantitative estimate of drug-likeness (QED) is 0.418. The summed E-state index contributed by atoms with van der Waals surface area (Å²) in [5.41, 5.74) is 2.55. The van der Waals surface area contributed by atoms with E-state index < -0.39 is 17.7 Å². The number of aliphatic hydroxyl groups excluding tert-OH is 1. The number of carbonyl (C=O) groups is 2. The highest BCUT2D eigenvalue weighted by atomic mass is 35.5. The van der Waals surface area contributed by atoms with E-state index in [1.807, 2.05) is 19.1 Å². The van der Waals surface area contributed by atoms with Gasteiger partial charge in [0, 0.05) is 17.1 Å². The molecule has 1 amide bonds. The van der Waals surface area contributed by atoms with Crippen molar-refractivity contribution in [3.05, 3.63) is 75.8 Å². The van der Waals surface area contributed by atoms with Crippen molar-refractivity contribution in [1.82, 2.24) is 4.90 Å². The minimum atomic E-state index is -0.645. The number of aryl methyl sites for hydroxylation is 1. The Morgan fingerprint density at radius 2 is 1.68 bits per heavy atom. The fourth-order valence-corrected chi connectivity index (χ4v) is 3.61. The molecule has 0 aromatic heterocycles. The van der Waals surface area contributed by atoms with E-state index in [-0.39, 0.29) is 11.3 Å². The lowest BCUT2D eigenvalue weighted by atomic mass is 9.95. The molecule has 1 saturated heterocycles. The molecule has 1 aliphatic rings. The molecular formula is C23H24ClNO3. The number of halogens is 1. The lowest BCUT2D eigenvalue weighted by Crippen LogP contribution is -2.30. The van der Waals surface area contributed by atoms with Crippen LogP contribution in [0.5, 0.6) is 0 Å². The van der Waals surface area contributed by atoms with Crippen molar-refractivity contribution in [2.75, 3.05) is 6.54 Å². The van der Waals surface area contributed by atoms with Crippen LogP contribution in [0, 0.1) is 0 Å². The summed E-state index contributed by atoms with van der Waals surface area (Å²) in [6.07, 6.45) is 2.56. The SMILES string of the molecule is CCCCN1C(=O)C(=O)/C(=C(\O)c2ccc(CC)cc2)C1c1ccc(Cl)cc1. The molecule has 0 aliphatic carbocycles. The van der Waals surface area contributed by atoms with E-state index in [1.54, 1.807) is 41.3 Å². The van der Waals surface area contributed by atoms with Crippen molar-refractivity contribution < 1.29 is 14.7 Å². The first-order valence-corrected chi connectivity index (χ1v) is 9.98. The number of ketones is 1. The molecule has 28 heavy (non-hydrogen) atoms. The van der Waals surface area contributed by atoms with Crippen LogP contribution in [0.25, 0.3) is 5.76 Å². The van der Waals surface area contributed by atoms with Gasteiger partial charge in [-0.25, -0.2) is 0 Å². The van der Waals surface area contributed by atoms with E-state index in [1.165, 1.54) is 0 Å². The van der Waals surface area contributed by atoms with Crippen LogP contribution in [0.1, 0.15) is 49.4 Å². The van der Waals surface area contributed by atoms with Gasteiger partial charge >= 0.3 is 0 Å². The fraction of sp³-hybridized carbons (Fsp3) is 0.304. The van der Waals surface area contributed by atoms with Gasteiger partial charge in [0.1, 0.15) is 5.76 Å². The minimum Gasteiger partial charge on any atom is -0.507 e. The highest BCUT2D eigenvalue weighted by Crippen LogP contribution is 2.39. The van der Waals surface area contributed by atoms with Crippen molar-refractivity contribution in [3.8, 4) is 0 Å². The van der Waals surface area contributed by atoms with Gasteiger partial charge in [0.05, 0.1) is 11.6 Å². The second kappa shape index (κ2) is 8.61. The maximum Gasteiger partial charge on any atom is 0.295 e. The molecule has 0 bridgehead atoms. The van der Waals surface area contributed by atoms with E-state index in [0.717, 1.165) is 30.4 Å². The molecule has 1 atom stereocenters. The van der Waals surface area contributed by atoms with Crippen LogP contribution in [-0.4, -0.2) is 28.2 Å². The van der Waals surface area contributed by atoms with Crippen molar-refractivity contribution in [1.29, 1.82) is 0 Å². The van der Waals surface area contributed by atoms with Crippen LogP contribution in [0.3, 0.4) is 0 Å². The molecule has 1 unspecified atom stereocenters. The first kappa shape index (κ1) is 20.2. The lowest BCUT2D eigenvalue weighted by Gasteiger charge is -2.25.